The molecule has 1 atom stereocenters. The van der Waals surface area contributed by atoms with Crippen molar-refractivity contribution in [3.8, 4) is 5.69 Å². The molecule has 0 bridgehead atoms. The zero-order valence-corrected chi connectivity index (χ0v) is 23.4. The molecule has 0 spiro atoms. The van der Waals surface area contributed by atoms with E-state index in [0.717, 1.165) is 55.8 Å². The largest absolute Gasteiger partial charge is 0.378 e. The first-order chi connectivity index (χ1) is 19.7. The highest BCUT2D eigenvalue weighted by molar-refractivity contribution is 7.14. The third-order valence-corrected chi connectivity index (χ3v) is 9.81. The van der Waals surface area contributed by atoms with Gasteiger partial charge in [0.1, 0.15) is 0 Å². The molecule has 2 aromatic heterocycles. The number of rotatable bonds is 6. The van der Waals surface area contributed by atoms with Crippen LogP contribution in [-0.2, 0) is 11.2 Å². The van der Waals surface area contributed by atoms with Crippen LogP contribution in [-0.4, -0.2) is 34.2 Å². The molecule has 1 fully saturated rings. The van der Waals surface area contributed by atoms with Crippen molar-refractivity contribution in [1.29, 1.82) is 0 Å². The SMILES string of the molecule is O=c1c2ccccc2sn1-c1ccc(N2CCOCC2)cc1C[C@H](c1ccccc1)n1sc2ccccc2c1=O. The predicted molar refractivity (Wildman–Crippen MR) is 165 cm³/mol. The Bertz CT molecular complexity index is 1930. The molecular formula is C32H27N3O3S2. The minimum atomic E-state index is -0.227. The van der Waals surface area contributed by atoms with E-state index in [1.165, 1.54) is 23.1 Å². The summed E-state index contributed by atoms with van der Waals surface area (Å²) in [6.07, 6.45) is 0.560. The van der Waals surface area contributed by atoms with Gasteiger partial charge in [-0.05, 0) is 53.6 Å². The van der Waals surface area contributed by atoms with Crippen LogP contribution in [0.4, 0.5) is 5.69 Å². The molecule has 200 valence electrons. The molecule has 0 saturated carbocycles. The van der Waals surface area contributed by atoms with Gasteiger partial charge < -0.3 is 9.64 Å². The lowest BCUT2D eigenvalue weighted by molar-refractivity contribution is 0.122. The van der Waals surface area contributed by atoms with Crippen molar-refractivity contribution in [3.63, 3.8) is 0 Å². The summed E-state index contributed by atoms with van der Waals surface area (Å²) < 4.78 is 11.2. The fourth-order valence-electron chi connectivity index (χ4n) is 5.50. The Morgan fingerprint density at radius 3 is 2.08 bits per heavy atom. The van der Waals surface area contributed by atoms with Crippen molar-refractivity contribution in [2.75, 3.05) is 31.2 Å². The molecule has 0 aliphatic carbocycles. The van der Waals surface area contributed by atoms with E-state index in [1.807, 2.05) is 70.7 Å². The van der Waals surface area contributed by atoms with Gasteiger partial charge in [-0.1, -0.05) is 77.7 Å². The number of hydrogen-bond donors (Lipinski definition) is 0. The average Bonchev–Trinajstić information content (AvgIpc) is 3.53. The van der Waals surface area contributed by atoms with Gasteiger partial charge in [0.05, 0.1) is 45.1 Å². The van der Waals surface area contributed by atoms with Crippen molar-refractivity contribution in [1.82, 2.24) is 7.91 Å². The van der Waals surface area contributed by atoms with Crippen molar-refractivity contribution in [2.24, 2.45) is 0 Å². The van der Waals surface area contributed by atoms with Gasteiger partial charge in [0.15, 0.2) is 0 Å². The Balaban J connectivity index is 1.41. The Hall–Kier alpha value is -3.98. The first kappa shape index (κ1) is 25.0. The number of fused-ring (bicyclic) bond motifs is 2. The zero-order chi connectivity index (χ0) is 27.1. The van der Waals surface area contributed by atoms with Crippen LogP contribution in [0.2, 0.25) is 0 Å². The highest BCUT2D eigenvalue weighted by atomic mass is 32.1. The fraction of sp³-hybridized carbons (Fsp3) is 0.188. The van der Waals surface area contributed by atoms with E-state index < -0.39 is 0 Å². The van der Waals surface area contributed by atoms with E-state index in [-0.39, 0.29) is 17.2 Å². The predicted octanol–water partition coefficient (Wildman–Crippen LogP) is 6.10. The van der Waals surface area contributed by atoms with Gasteiger partial charge in [0, 0.05) is 25.2 Å². The summed E-state index contributed by atoms with van der Waals surface area (Å²) in [5.41, 5.74) is 4.04. The van der Waals surface area contributed by atoms with Gasteiger partial charge >= 0.3 is 0 Å². The standard InChI is InChI=1S/C32H27N3O3S2/c36-31-25-10-4-6-12-29(25)39-34(31)27-15-14-24(33-16-18-38-19-17-33)20-23(27)21-28(22-8-2-1-3-9-22)35-32(37)26-11-5-7-13-30(26)40-35/h1-15,20,28H,16-19,21H2/t28-/m1/s1. The molecule has 1 aliphatic heterocycles. The van der Waals surface area contributed by atoms with Gasteiger partial charge in [0.2, 0.25) is 0 Å². The van der Waals surface area contributed by atoms with E-state index in [9.17, 15) is 9.59 Å². The van der Waals surface area contributed by atoms with Gasteiger partial charge in [0.25, 0.3) is 11.1 Å². The smallest absolute Gasteiger partial charge is 0.273 e. The van der Waals surface area contributed by atoms with Gasteiger partial charge in [-0.15, -0.1) is 0 Å². The minimum Gasteiger partial charge on any atom is -0.378 e. The molecule has 0 amide bonds. The molecular weight excluding hydrogens is 539 g/mol. The highest BCUT2D eigenvalue weighted by Crippen LogP contribution is 2.33. The minimum absolute atomic E-state index is 0.0133. The third kappa shape index (κ3) is 4.48. The zero-order valence-electron chi connectivity index (χ0n) is 21.7. The normalized spacial score (nSPS) is 14.7. The molecule has 0 unspecified atom stereocenters. The number of hydrogen-bond acceptors (Lipinski definition) is 6. The molecule has 4 aromatic carbocycles. The lowest BCUT2D eigenvalue weighted by Gasteiger charge is -2.30. The van der Waals surface area contributed by atoms with E-state index in [2.05, 4.69) is 35.2 Å². The number of aromatic nitrogens is 2. The molecule has 8 heteroatoms. The summed E-state index contributed by atoms with van der Waals surface area (Å²) in [6.45, 7) is 3.02. The second-order valence-electron chi connectivity index (χ2n) is 9.95. The summed E-state index contributed by atoms with van der Waals surface area (Å²) in [5, 5.41) is 1.45. The first-order valence-electron chi connectivity index (χ1n) is 13.4. The van der Waals surface area contributed by atoms with Crippen LogP contribution in [0, 0.1) is 0 Å². The van der Waals surface area contributed by atoms with Crippen LogP contribution in [0.5, 0.6) is 0 Å². The second kappa shape index (κ2) is 10.5. The quantitative estimate of drug-likeness (QED) is 0.245. The van der Waals surface area contributed by atoms with Crippen LogP contribution in [0.15, 0.2) is 107 Å². The first-order valence-corrected chi connectivity index (χ1v) is 14.9. The Kier molecular flexibility index (Phi) is 6.59. The van der Waals surface area contributed by atoms with Crippen LogP contribution in [0.1, 0.15) is 17.2 Å². The van der Waals surface area contributed by atoms with Crippen LogP contribution in [0.3, 0.4) is 0 Å². The Morgan fingerprint density at radius 1 is 0.725 bits per heavy atom. The van der Waals surface area contributed by atoms with Gasteiger partial charge in [-0.3, -0.25) is 13.5 Å². The summed E-state index contributed by atoms with van der Waals surface area (Å²) >= 11 is 2.96. The van der Waals surface area contributed by atoms with Crippen LogP contribution >= 0.6 is 23.1 Å². The lowest BCUT2D eigenvalue weighted by Crippen LogP contribution is -2.36. The van der Waals surface area contributed by atoms with E-state index in [4.69, 9.17) is 4.74 Å². The number of anilines is 1. The number of benzene rings is 4. The average molecular weight is 566 g/mol. The van der Waals surface area contributed by atoms with Crippen molar-refractivity contribution in [3.05, 3.63) is 129 Å². The molecule has 0 radical (unpaired) electrons. The van der Waals surface area contributed by atoms with Crippen molar-refractivity contribution >= 4 is 48.9 Å². The molecule has 6 nitrogen and oxygen atoms in total. The van der Waals surface area contributed by atoms with E-state index in [1.54, 1.807) is 3.96 Å². The highest BCUT2D eigenvalue weighted by Gasteiger charge is 2.23. The Labute approximate surface area is 239 Å². The van der Waals surface area contributed by atoms with Gasteiger partial charge in [-0.25, -0.2) is 3.96 Å². The third-order valence-electron chi connectivity index (χ3n) is 7.54. The molecule has 1 aliphatic rings. The molecule has 0 N–H and O–H groups in total. The maximum Gasteiger partial charge on any atom is 0.273 e. The van der Waals surface area contributed by atoms with Crippen LogP contribution < -0.4 is 16.0 Å². The number of morpholine rings is 1. The number of ether oxygens (including phenoxy) is 1. The van der Waals surface area contributed by atoms with Gasteiger partial charge in [-0.2, -0.15) is 0 Å². The van der Waals surface area contributed by atoms with Crippen molar-refractivity contribution in [2.45, 2.75) is 12.5 Å². The summed E-state index contributed by atoms with van der Waals surface area (Å²) in [5.74, 6) is 0. The summed E-state index contributed by atoms with van der Waals surface area (Å²) in [7, 11) is 0. The number of nitrogens with zero attached hydrogens (tertiary/aromatic N) is 3. The van der Waals surface area contributed by atoms with E-state index in [0.29, 0.717) is 19.6 Å². The molecule has 3 heterocycles. The van der Waals surface area contributed by atoms with E-state index >= 15 is 0 Å². The van der Waals surface area contributed by atoms with Crippen molar-refractivity contribution < 1.29 is 4.74 Å². The summed E-state index contributed by atoms with van der Waals surface area (Å²) in [6, 6.07) is 31.9. The summed E-state index contributed by atoms with van der Waals surface area (Å²) in [4.78, 5) is 29.6. The molecule has 1 saturated heterocycles. The molecule has 40 heavy (non-hydrogen) atoms. The lowest BCUT2D eigenvalue weighted by atomic mass is 9.97. The maximum absolute atomic E-state index is 13.7. The monoisotopic (exact) mass is 565 g/mol. The Morgan fingerprint density at radius 2 is 1.38 bits per heavy atom. The topological polar surface area (TPSA) is 56.5 Å². The molecule has 6 aromatic rings. The van der Waals surface area contributed by atoms with Crippen LogP contribution in [0.25, 0.3) is 25.9 Å². The maximum atomic E-state index is 13.7. The second-order valence-corrected chi connectivity index (χ2v) is 12.0. The fourth-order valence-corrected chi connectivity index (χ4v) is 7.65. The molecule has 7 rings (SSSR count).